The number of unbranched alkanes of at least 4 members (excludes halogenated alkanes) is 1. The molecular weight excluding hydrogens is 532 g/mol. The Hall–Kier alpha value is -0.740. The summed E-state index contributed by atoms with van der Waals surface area (Å²) in [6.07, 6.45) is 34.5. The quantitative estimate of drug-likeness (QED) is 0.172. The molecule has 0 aromatic carbocycles. The second kappa shape index (κ2) is 20.5. The van der Waals surface area contributed by atoms with Crippen LogP contribution in [-0.2, 0) is 0 Å². The second-order valence-corrected chi connectivity index (χ2v) is 16.4. The van der Waals surface area contributed by atoms with Gasteiger partial charge >= 0.3 is 0 Å². The molecule has 0 aliphatic heterocycles. The van der Waals surface area contributed by atoms with Gasteiger partial charge in [0, 0.05) is 0 Å². The van der Waals surface area contributed by atoms with E-state index in [9.17, 15) is 5.11 Å². The van der Waals surface area contributed by atoms with Crippen LogP contribution < -0.4 is 0 Å². The summed E-state index contributed by atoms with van der Waals surface area (Å²) in [4.78, 5) is 0. The highest BCUT2D eigenvalue weighted by atomic mass is 16.3. The van der Waals surface area contributed by atoms with Gasteiger partial charge in [-0.1, -0.05) is 113 Å². The first kappa shape index (κ1) is 43.3. The summed E-state index contributed by atoms with van der Waals surface area (Å²) in [5.74, 6) is 6.30. The molecule has 0 aromatic rings. The van der Waals surface area contributed by atoms with Crippen molar-refractivity contribution in [3.05, 3.63) is 11.6 Å². The van der Waals surface area contributed by atoms with E-state index in [4.69, 9.17) is 0 Å². The van der Waals surface area contributed by atoms with Gasteiger partial charge in [-0.25, -0.2) is 0 Å². The van der Waals surface area contributed by atoms with Crippen molar-refractivity contribution >= 4 is 0 Å². The van der Waals surface area contributed by atoms with Crippen LogP contribution >= 0.6 is 0 Å². The third kappa shape index (κ3) is 12.1. The van der Waals surface area contributed by atoms with Gasteiger partial charge < -0.3 is 5.11 Å². The van der Waals surface area contributed by atoms with Crippen LogP contribution in [-0.4, -0.2) is 10.7 Å². The first-order chi connectivity index (χ1) is 20.4. The smallest absolute Gasteiger partial charge is 0.0591 e. The number of allylic oxidation sites excluding steroid dienone is 2. The molecular formula is C43H82O. The third-order valence-electron chi connectivity index (χ3n) is 12.6. The minimum atomic E-state index is -0.502. The van der Waals surface area contributed by atoms with Gasteiger partial charge in [0.25, 0.3) is 0 Å². The van der Waals surface area contributed by atoms with E-state index < -0.39 is 5.60 Å². The summed E-state index contributed by atoms with van der Waals surface area (Å²) in [5.41, 5.74) is 2.33. The molecule has 0 aromatic heterocycles. The van der Waals surface area contributed by atoms with E-state index >= 15 is 0 Å². The summed E-state index contributed by atoms with van der Waals surface area (Å²) in [6.45, 7) is 25.0. The molecule has 3 saturated carbocycles. The largest absolute Gasteiger partial charge is 0.390 e. The Bertz CT molecular complexity index is 795. The summed E-state index contributed by atoms with van der Waals surface area (Å²) in [7, 11) is 0. The van der Waals surface area contributed by atoms with Crippen LogP contribution in [0.15, 0.2) is 11.6 Å². The molecule has 0 bridgehead atoms. The van der Waals surface area contributed by atoms with E-state index in [1.54, 1.807) is 0 Å². The average molecular weight is 615 g/mol. The SMILES string of the molecule is C.C#C.CC.CC.CC1CCCC(CC2CCC3/C(=C\CCC4CCC(CCCCC(C)(C)O)C4(C)CCC3(C)C)C2C)C1. The Labute approximate surface area is 279 Å². The second-order valence-electron chi connectivity index (χ2n) is 16.4. The third-order valence-corrected chi connectivity index (χ3v) is 12.6. The number of hydrogen-bond donors (Lipinski definition) is 1. The molecule has 260 valence electrons. The first-order valence-electron chi connectivity index (χ1n) is 19.1. The van der Waals surface area contributed by atoms with Gasteiger partial charge in [-0.05, 0) is 143 Å². The maximum atomic E-state index is 10.1. The van der Waals surface area contributed by atoms with Crippen LogP contribution in [0.5, 0.6) is 0 Å². The zero-order valence-electron chi connectivity index (χ0n) is 31.2. The van der Waals surface area contributed by atoms with Crippen LogP contribution in [0.3, 0.4) is 0 Å². The molecule has 0 heterocycles. The molecule has 8 unspecified atom stereocenters. The molecule has 3 fully saturated rings. The molecule has 44 heavy (non-hydrogen) atoms. The van der Waals surface area contributed by atoms with Gasteiger partial charge in [0.2, 0.25) is 0 Å². The van der Waals surface area contributed by atoms with Crippen molar-refractivity contribution in [1.82, 2.24) is 0 Å². The van der Waals surface area contributed by atoms with E-state index in [1.807, 2.05) is 47.1 Å². The Morgan fingerprint density at radius 3 is 2.14 bits per heavy atom. The maximum Gasteiger partial charge on any atom is 0.0591 e. The van der Waals surface area contributed by atoms with Crippen molar-refractivity contribution in [2.75, 3.05) is 0 Å². The minimum Gasteiger partial charge on any atom is -0.390 e. The fourth-order valence-corrected chi connectivity index (χ4v) is 10.00. The molecule has 4 rings (SSSR count). The van der Waals surface area contributed by atoms with Crippen molar-refractivity contribution in [2.45, 2.75) is 198 Å². The van der Waals surface area contributed by atoms with Gasteiger partial charge in [0.15, 0.2) is 0 Å². The minimum absolute atomic E-state index is 0. The Morgan fingerprint density at radius 2 is 1.52 bits per heavy atom. The Kier molecular flexibility index (Phi) is 20.1. The van der Waals surface area contributed by atoms with Gasteiger partial charge in [-0.15, -0.1) is 12.8 Å². The van der Waals surface area contributed by atoms with Crippen molar-refractivity contribution in [3.63, 3.8) is 0 Å². The van der Waals surface area contributed by atoms with Crippen molar-refractivity contribution < 1.29 is 5.11 Å². The summed E-state index contributed by atoms with van der Waals surface area (Å²) < 4.78 is 0. The number of fused-ring (bicyclic) bond motifs is 2. The highest BCUT2D eigenvalue weighted by molar-refractivity contribution is 5.18. The highest BCUT2D eigenvalue weighted by Crippen LogP contribution is 2.58. The zero-order chi connectivity index (χ0) is 32.8. The highest BCUT2D eigenvalue weighted by Gasteiger charge is 2.48. The standard InChI is InChI=1S/C36H64O.2C2H6.C2H2.CH4/c1-26-12-10-13-28(24-26)25-29-17-20-33-32(27(29)2)16-11-15-31-19-18-30(14-8-9-21-35(5,6)37)36(31,7)23-22-34(33,3)4;3*1-2;/h16,26-31,33,37H,8-15,17-25H2,1-7H3;2*1-2H3;1-2H;1H4/b32-16-;;;;. The Morgan fingerprint density at radius 1 is 0.864 bits per heavy atom. The van der Waals surface area contributed by atoms with Gasteiger partial charge in [-0.3, -0.25) is 0 Å². The van der Waals surface area contributed by atoms with Crippen molar-refractivity contribution in [3.8, 4) is 12.8 Å². The fraction of sp³-hybridized carbons (Fsp3) is 0.907. The van der Waals surface area contributed by atoms with Crippen molar-refractivity contribution in [2.24, 2.45) is 52.3 Å². The molecule has 4 aliphatic carbocycles. The molecule has 0 radical (unpaired) electrons. The van der Waals surface area contributed by atoms with Crippen LogP contribution in [0.1, 0.15) is 193 Å². The lowest BCUT2D eigenvalue weighted by Gasteiger charge is -2.48. The maximum absolute atomic E-state index is 10.1. The average Bonchev–Trinajstić information content (AvgIpc) is 3.29. The van der Waals surface area contributed by atoms with Gasteiger partial charge in [-0.2, -0.15) is 0 Å². The number of terminal acetylenes is 1. The lowest BCUT2D eigenvalue weighted by Crippen LogP contribution is -2.38. The van der Waals surface area contributed by atoms with E-state index in [1.165, 1.54) is 103 Å². The predicted octanol–water partition coefficient (Wildman–Crippen LogP) is 13.7. The molecule has 0 saturated heterocycles. The number of hydrogen-bond acceptors (Lipinski definition) is 1. The zero-order valence-corrected chi connectivity index (χ0v) is 31.2. The van der Waals surface area contributed by atoms with Gasteiger partial charge in [0.05, 0.1) is 5.60 Å². The predicted molar refractivity (Wildman–Crippen MR) is 200 cm³/mol. The summed E-state index contributed by atoms with van der Waals surface area (Å²) in [6, 6.07) is 0. The fourth-order valence-electron chi connectivity index (χ4n) is 10.00. The van der Waals surface area contributed by atoms with Crippen LogP contribution in [0.2, 0.25) is 0 Å². The van der Waals surface area contributed by atoms with E-state index in [2.05, 4.69) is 53.5 Å². The molecule has 0 amide bonds. The molecule has 4 aliphatic rings. The lowest BCUT2D eigenvalue weighted by molar-refractivity contribution is 0.0606. The molecule has 0 spiro atoms. The monoisotopic (exact) mass is 615 g/mol. The van der Waals surface area contributed by atoms with E-state index in [-0.39, 0.29) is 7.43 Å². The normalized spacial score (nSPS) is 36.0. The molecule has 8 atom stereocenters. The van der Waals surface area contributed by atoms with Crippen LogP contribution in [0, 0.1) is 65.1 Å². The molecule has 1 N–H and O–H groups in total. The van der Waals surface area contributed by atoms with E-state index in [0.29, 0.717) is 10.8 Å². The topological polar surface area (TPSA) is 20.2 Å². The molecule has 1 heteroatoms. The van der Waals surface area contributed by atoms with E-state index in [0.717, 1.165) is 47.8 Å². The summed E-state index contributed by atoms with van der Waals surface area (Å²) in [5, 5.41) is 10.1. The van der Waals surface area contributed by atoms with Crippen molar-refractivity contribution in [1.29, 1.82) is 0 Å². The van der Waals surface area contributed by atoms with Crippen LogP contribution in [0.4, 0.5) is 0 Å². The first-order valence-corrected chi connectivity index (χ1v) is 19.1. The van der Waals surface area contributed by atoms with Gasteiger partial charge in [0.1, 0.15) is 0 Å². The summed E-state index contributed by atoms with van der Waals surface area (Å²) >= 11 is 0. The number of aliphatic hydroxyl groups is 1. The van der Waals surface area contributed by atoms with Crippen LogP contribution in [0.25, 0.3) is 0 Å². The molecule has 1 nitrogen and oxygen atoms in total. The lowest BCUT2D eigenvalue weighted by atomic mass is 9.57. The number of rotatable bonds is 7. The Balaban J connectivity index is 0.00000249.